The van der Waals surface area contributed by atoms with Gasteiger partial charge in [0.05, 0.1) is 10.2 Å². The Morgan fingerprint density at radius 2 is 1.83 bits per heavy atom. The van der Waals surface area contributed by atoms with Gasteiger partial charge in [-0.05, 0) is 40.2 Å². The maximum Gasteiger partial charge on any atom is 0.513 e. The van der Waals surface area contributed by atoms with E-state index in [1.165, 1.54) is 28.6 Å². The number of benzene rings is 2. The van der Waals surface area contributed by atoms with Gasteiger partial charge in [0.1, 0.15) is 16.3 Å². The van der Waals surface area contributed by atoms with E-state index in [9.17, 15) is 17.6 Å². The first-order chi connectivity index (χ1) is 14.3. The summed E-state index contributed by atoms with van der Waals surface area (Å²) in [5, 5.41) is 9.36. The van der Waals surface area contributed by atoms with E-state index < -0.39 is 22.0 Å². The minimum absolute atomic E-state index is 0.142. The highest BCUT2D eigenvalue weighted by Gasteiger charge is 2.31. The van der Waals surface area contributed by atoms with Gasteiger partial charge in [-0.15, -0.1) is 0 Å². The fraction of sp³-hybridized carbons (Fsp3) is 0.211. The molecule has 30 heavy (non-hydrogen) atoms. The van der Waals surface area contributed by atoms with Gasteiger partial charge in [0.15, 0.2) is 0 Å². The Morgan fingerprint density at radius 3 is 2.50 bits per heavy atom. The fourth-order valence-electron chi connectivity index (χ4n) is 3.39. The Bertz CT molecular complexity index is 1220. The molecule has 1 fully saturated rings. The second kappa shape index (κ2) is 7.89. The third-order valence-corrected chi connectivity index (χ3v) is 7.58. The molecule has 0 atom stereocenters. The summed E-state index contributed by atoms with van der Waals surface area (Å²) in [6.07, 6.45) is -1.47. The van der Waals surface area contributed by atoms with Gasteiger partial charge in [-0.1, -0.05) is 12.1 Å². The number of anilines is 1. The number of piperazine rings is 1. The molecule has 4 rings (SSSR count). The van der Waals surface area contributed by atoms with Crippen molar-refractivity contribution >= 4 is 48.8 Å². The number of hydrogen-bond donors (Lipinski definition) is 1. The second-order valence-electron chi connectivity index (χ2n) is 6.57. The van der Waals surface area contributed by atoms with E-state index in [2.05, 4.69) is 20.7 Å². The van der Waals surface area contributed by atoms with E-state index in [4.69, 9.17) is 9.52 Å². The topological polar surface area (TPSA) is 100 Å². The van der Waals surface area contributed by atoms with E-state index in [-0.39, 0.29) is 23.9 Å². The van der Waals surface area contributed by atoms with Crippen LogP contribution in [-0.2, 0) is 10.0 Å². The Balaban J connectivity index is 1.54. The van der Waals surface area contributed by atoms with Crippen LogP contribution in [-0.4, -0.2) is 50.2 Å². The van der Waals surface area contributed by atoms with Crippen molar-refractivity contribution in [2.75, 3.05) is 31.1 Å². The Hall–Kier alpha value is -2.63. The van der Waals surface area contributed by atoms with Crippen LogP contribution in [0.5, 0.6) is 5.95 Å². The average Bonchev–Trinajstić information content (AvgIpc) is 3.11. The van der Waals surface area contributed by atoms with Gasteiger partial charge < -0.3 is 19.2 Å². The van der Waals surface area contributed by atoms with Crippen molar-refractivity contribution in [3.8, 4) is 5.95 Å². The molecule has 0 bridgehead atoms. The number of carbonyl (C=O) groups is 1. The zero-order valence-corrected chi connectivity index (χ0v) is 17.8. The number of carboxylic acid groups (broad SMARTS) is 1. The predicted molar refractivity (Wildman–Crippen MR) is 110 cm³/mol. The van der Waals surface area contributed by atoms with Crippen molar-refractivity contribution in [3.63, 3.8) is 0 Å². The lowest BCUT2D eigenvalue weighted by molar-refractivity contribution is 0.134. The maximum atomic E-state index is 14.0. The van der Waals surface area contributed by atoms with Crippen LogP contribution in [0.4, 0.5) is 14.9 Å². The van der Waals surface area contributed by atoms with Gasteiger partial charge in [0.2, 0.25) is 10.0 Å². The molecule has 1 aliphatic heterocycles. The van der Waals surface area contributed by atoms with Gasteiger partial charge in [0, 0.05) is 37.6 Å². The number of sulfonamides is 1. The van der Waals surface area contributed by atoms with E-state index in [1.54, 1.807) is 12.1 Å². The maximum absolute atomic E-state index is 14.0. The molecule has 11 heteroatoms. The third kappa shape index (κ3) is 3.75. The summed E-state index contributed by atoms with van der Waals surface area (Å²) in [5.74, 6) is -0.913. The summed E-state index contributed by atoms with van der Waals surface area (Å²) < 4.78 is 51.4. The predicted octanol–water partition coefficient (Wildman–Crippen LogP) is 3.90. The summed E-state index contributed by atoms with van der Waals surface area (Å²) in [6.45, 7) is 1.18. The van der Waals surface area contributed by atoms with E-state index in [1.807, 2.05) is 4.90 Å². The Morgan fingerprint density at radius 1 is 1.13 bits per heavy atom. The third-order valence-electron chi connectivity index (χ3n) is 4.81. The molecule has 158 valence electrons. The number of nitrogens with zero attached hydrogens (tertiary/aromatic N) is 2. The minimum Gasteiger partial charge on any atom is -0.449 e. The highest BCUT2D eigenvalue weighted by molar-refractivity contribution is 9.10. The molecule has 2 heterocycles. The number of halogens is 2. The minimum atomic E-state index is -3.92. The van der Waals surface area contributed by atoms with Crippen molar-refractivity contribution < 1.29 is 31.9 Å². The lowest BCUT2D eigenvalue weighted by Crippen LogP contribution is -2.48. The van der Waals surface area contributed by atoms with E-state index in [0.717, 1.165) is 11.8 Å². The van der Waals surface area contributed by atoms with Crippen LogP contribution in [0.3, 0.4) is 0 Å². The second-order valence-corrected chi connectivity index (χ2v) is 9.26. The quantitative estimate of drug-likeness (QED) is 0.544. The summed E-state index contributed by atoms with van der Waals surface area (Å²) in [6, 6.07) is 10.3. The van der Waals surface area contributed by atoms with Crippen LogP contribution in [0.2, 0.25) is 0 Å². The molecule has 0 aliphatic carbocycles. The monoisotopic (exact) mass is 498 g/mol. The molecule has 2 aromatic carbocycles. The SMILES string of the molecule is O=C(O)Oc1cc2c(Br)c(N3CCN(S(=O)(=O)c4ccccc4F)CC3)ccc2o1. The summed E-state index contributed by atoms with van der Waals surface area (Å²) >= 11 is 3.51. The highest BCUT2D eigenvalue weighted by Crippen LogP contribution is 2.38. The van der Waals surface area contributed by atoms with Crippen molar-refractivity contribution in [1.82, 2.24) is 4.31 Å². The molecule has 1 N–H and O–H groups in total. The molecular formula is C19H16BrFN2O6S. The van der Waals surface area contributed by atoms with Crippen molar-refractivity contribution in [2.24, 2.45) is 0 Å². The normalized spacial score (nSPS) is 15.5. The van der Waals surface area contributed by atoms with Gasteiger partial charge in [-0.25, -0.2) is 17.6 Å². The van der Waals surface area contributed by atoms with Crippen LogP contribution in [0.15, 0.2) is 56.2 Å². The number of rotatable bonds is 4. The number of fused-ring (bicyclic) bond motifs is 1. The van der Waals surface area contributed by atoms with Crippen molar-refractivity contribution in [3.05, 3.63) is 52.8 Å². The molecule has 0 radical (unpaired) electrons. The van der Waals surface area contributed by atoms with Crippen LogP contribution in [0.25, 0.3) is 11.0 Å². The molecule has 0 saturated carbocycles. The van der Waals surface area contributed by atoms with Crippen LogP contribution < -0.4 is 9.64 Å². The molecule has 3 aromatic rings. The first-order valence-electron chi connectivity index (χ1n) is 8.90. The smallest absolute Gasteiger partial charge is 0.449 e. The zero-order chi connectivity index (χ0) is 21.5. The van der Waals surface area contributed by atoms with Gasteiger partial charge in [0.25, 0.3) is 5.95 Å². The Kier molecular flexibility index (Phi) is 5.43. The van der Waals surface area contributed by atoms with E-state index in [0.29, 0.717) is 28.5 Å². The van der Waals surface area contributed by atoms with Crippen LogP contribution >= 0.6 is 15.9 Å². The molecule has 1 aliphatic rings. The Labute approximate surface area is 179 Å². The lowest BCUT2D eigenvalue weighted by Gasteiger charge is -2.35. The van der Waals surface area contributed by atoms with Gasteiger partial charge >= 0.3 is 6.16 Å². The van der Waals surface area contributed by atoms with Crippen LogP contribution in [0.1, 0.15) is 0 Å². The van der Waals surface area contributed by atoms with Crippen LogP contribution in [0, 0.1) is 5.82 Å². The molecule has 8 nitrogen and oxygen atoms in total. The first-order valence-corrected chi connectivity index (χ1v) is 11.1. The van der Waals surface area contributed by atoms with E-state index >= 15 is 0 Å². The largest absolute Gasteiger partial charge is 0.513 e. The lowest BCUT2D eigenvalue weighted by atomic mass is 10.2. The summed E-state index contributed by atoms with van der Waals surface area (Å²) in [4.78, 5) is 12.4. The molecule has 1 saturated heterocycles. The number of ether oxygens (including phenoxy) is 1. The fourth-order valence-corrected chi connectivity index (χ4v) is 5.57. The highest BCUT2D eigenvalue weighted by atomic mass is 79.9. The average molecular weight is 499 g/mol. The summed E-state index contributed by atoms with van der Waals surface area (Å²) in [5.41, 5.74) is 1.25. The first kappa shape index (κ1) is 20.6. The molecule has 0 spiro atoms. The summed E-state index contributed by atoms with van der Waals surface area (Å²) in [7, 11) is -3.92. The molecule has 0 unspecified atom stereocenters. The zero-order valence-electron chi connectivity index (χ0n) is 15.4. The van der Waals surface area contributed by atoms with Crippen molar-refractivity contribution in [2.45, 2.75) is 4.90 Å². The van der Waals surface area contributed by atoms with Gasteiger partial charge in [-0.2, -0.15) is 4.31 Å². The standard InChI is InChI=1S/C19H16BrFN2O6S/c20-18-12-11-17(29-19(24)25)28-15(12)6-5-14(18)22-7-9-23(10-8-22)30(26,27)16-4-2-1-3-13(16)21/h1-6,11H,7-10H2,(H,24,25). The van der Waals surface area contributed by atoms with Crippen molar-refractivity contribution in [1.29, 1.82) is 0 Å². The number of furan rings is 1. The number of hydrogen-bond acceptors (Lipinski definition) is 6. The molecule has 0 amide bonds. The molecule has 1 aromatic heterocycles. The van der Waals surface area contributed by atoms with Gasteiger partial charge in [-0.3, -0.25) is 0 Å². The molecular weight excluding hydrogens is 483 g/mol.